The number of guanidine groups is 1. The second-order valence-corrected chi connectivity index (χ2v) is 7.52. The molecule has 0 bridgehead atoms. The average Bonchev–Trinajstić information content (AvgIpc) is 3.00. The van der Waals surface area contributed by atoms with Crippen LogP contribution in [0.15, 0.2) is 10.4 Å². The second-order valence-electron chi connectivity index (χ2n) is 6.58. The quantitative estimate of drug-likeness (QED) is 0.366. The number of carbonyl (C=O) groups excluding carboxylic acids is 1. The van der Waals surface area contributed by atoms with Crippen molar-refractivity contribution in [3.05, 3.63) is 16.1 Å². The maximum Gasteiger partial charge on any atom is 0.434 e. The van der Waals surface area contributed by atoms with E-state index in [1.54, 1.807) is 27.8 Å². The van der Waals surface area contributed by atoms with Crippen LogP contribution in [0.2, 0.25) is 0 Å². The fourth-order valence-electron chi connectivity index (χ4n) is 1.86. The number of halogens is 3. The van der Waals surface area contributed by atoms with E-state index in [0.29, 0.717) is 43.4 Å². The Balaban J connectivity index is 2.20. The van der Waals surface area contributed by atoms with Gasteiger partial charge in [-0.1, -0.05) is 0 Å². The molecule has 1 rings (SSSR count). The molecule has 1 heterocycles. The van der Waals surface area contributed by atoms with E-state index < -0.39 is 23.6 Å². The third-order valence-electron chi connectivity index (χ3n) is 3.01. The lowest BCUT2D eigenvalue weighted by atomic mass is 10.2. The molecule has 1 aromatic rings. The van der Waals surface area contributed by atoms with Crippen LogP contribution in [-0.4, -0.2) is 49.3 Å². The number of nitrogens with one attached hydrogen (secondary N) is 3. The normalized spacial score (nSPS) is 12.6. The highest BCUT2D eigenvalue weighted by Crippen LogP contribution is 2.29. The van der Waals surface area contributed by atoms with Crippen LogP contribution < -0.4 is 16.0 Å². The minimum Gasteiger partial charge on any atom is -0.444 e. The van der Waals surface area contributed by atoms with E-state index in [1.807, 2.05) is 0 Å². The van der Waals surface area contributed by atoms with Crippen LogP contribution in [0.25, 0.3) is 0 Å². The Morgan fingerprint density at radius 3 is 2.37 bits per heavy atom. The molecule has 7 nitrogen and oxygen atoms in total. The van der Waals surface area contributed by atoms with E-state index in [0.717, 1.165) is 16.7 Å². The Hall–Kier alpha value is -2.04. The summed E-state index contributed by atoms with van der Waals surface area (Å²) in [6.07, 6.45) is -3.86. The average molecular weight is 409 g/mol. The van der Waals surface area contributed by atoms with E-state index >= 15 is 0 Å². The summed E-state index contributed by atoms with van der Waals surface area (Å²) in [5.74, 6) is 0.528. The molecule has 0 aromatic carbocycles. The first-order valence-electron chi connectivity index (χ1n) is 8.44. The molecule has 0 aliphatic carbocycles. The smallest absolute Gasteiger partial charge is 0.434 e. The molecule has 1 aromatic heterocycles. The maximum atomic E-state index is 12.5. The zero-order valence-corrected chi connectivity index (χ0v) is 16.7. The van der Waals surface area contributed by atoms with Crippen molar-refractivity contribution >= 4 is 23.4 Å². The maximum absolute atomic E-state index is 12.5. The standard InChI is InChI=1S/C16H26F3N5O2S/c1-15(2,3)26-14(25)23-8-5-7-21-13(20-4)22-9-6-12-24-11(10-27-12)16(17,18)19/h10H,5-9H2,1-4H3,(H,23,25)(H2,20,21,22). The van der Waals surface area contributed by atoms with Crippen molar-refractivity contribution in [2.45, 2.75) is 45.4 Å². The van der Waals surface area contributed by atoms with Gasteiger partial charge in [-0.3, -0.25) is 4.99 Å². The van der Waals surface area contributed by atoms with E-state index in [2.05, 4.69) is 25.9 Å². The number of amides is 1. The summed E-state index contributed by atoms with van der Waals surface area (Å²) in [7, 11) is 1.60. The first-order valence-corrected chi connectivity index (χ1v) is 9.32. The van der Waals surface area contributed by atoms with Gasteiger partial charge in [-0.05, 0) is 27.2 Å². The van der Waals surface area contributed by atoms with Crippen LogP contribution in [0, 0.1) is 0 Å². The number of rotatable bonds is 7. The molecular formula is C16H26F3N5O2S. The number of nitrogens with zero attached hydrogens (tertiary/aromatic N) is 2. The number of aliphatic imine (C=N–C) groups is 1. The first kappa shape index (κ1) is 23.0. The van der Waals surface area contributed by atoms with E-state index in [1.165, 1.54) is 0 Å². The molecule has 0 unspecified atom stereocenters. The van der Waals surface area contributed by atoms with E-state index in [-0.39, 0.29) is 0 Å². The predicted molar refractivity (Wildman–Crippen MR) is 99.0 cm³/mol. The zero-order valence-electron chi connectivity index (χ0n) is 15.9. The lowest BCUT2D eigenvalue weighted by Crippen LogP contribution is -2.40. The molecule has 0 spiro atoms. The minimum atomic E-state index is -4.41. The molecule has 1 amide bonds. The number of hydrogen-bond donors (Lipinski definition) is 3. The Morgan fingerprint density at radius 2 is 1.81 bits per heavy atom. The monoisotopic (exact) mass is 409 g/mol. The van der Waals surface area contributed by atoms with Crippen molar-refractivity contribution in [1.29, 1.82) is 0 Å². The molecule has 0 aliphatic heterocycles. The molecule has 0 aliphatic rings. The highest BCUT2D eigenvalue weighted by molar-refractivity contribution is 7.09. The van der Waals surface area contributed by atoms with Gasteiger partial charge in [0.2, 0.25) is 0 Å². The van der Waals surface area contributed by atoms with Crippen molar-refractivity contribution in [2.24, 2.45) is 4.99 Å². The van der Waals surface area contributed by atoms with Crippen molar-refractivity contribution in [2.75, 3.05) is 26.7 Å². The third kappa shape index (κ3) is 10.0. The van der Waals surface area contributed by atoms with Gasteiger partial charge in [0.25, 0.3) is 0 Å². The van der Waals surface area contributed by atoms with Crippen LogP contribution in [0.1, 0.15) is 37.9 Å². The molecule has 27 heavy (non-hydrogen) atoms. The highest BCUT2D eigenvalue weighted by atomic mass is 32.1. The van der Waals surface area contributed by atoms with Gasteiger partial charge in [-0.15, -0.1) is 11.3 Å². The number of alkyl carbamates (subject to hydrolysis) is 1. The Labute approximate surface area is 160 Å². The molecule has 3 N–H and O–H groups in total. The lowest BCUT2D eigenvalue weighted by molar-refractivity contribution is -0.140. The van der Waals surface area contributed by atoms with Crippen LogP contribution in [-0.2, 0) is 17.3 Å². The predicted octanol–water partition coefficient (Wildman–Crippen LogP) is 2.78. The molecule has 0 atom stereocenters. The SMILES string of the molecule is CN=C(NCCCNC(=O)OC(C)(C)C)NCCc1nc(C(F)(F)F)cs1. The zero-order chi connectivity index (χ0) is 20.5. The molecule has 0 radical (unpaired) electrons. The Morgan fingerprint density at radius 1 is 1.19 bits per heavy atom. The molecule has 11 heteroatoms. The highest BCUT2D eigenvalue weighted by Gasteiger charge is 2.33. The lowest BCUT2D eigenvalue weighted by Gasteiger charge is -2.19. The van der Waals surface area contributed by atoms with Crippen LogP contribution in [0.3, 0.4) is 0 Å². The van der Waals surface area contributed by atoms with E-state index in [4.69, 9.17) is 4.74 Å². The summed E-state index contributed by atoms with van der Waals surface area (Å²) in [4.78, 5) is 19.1. The molecule has 0 fully saturated rings. The molecule has 154 valence electrons. The van der Waals surface area contributed by atoms with Crippen molar-refractivity contribution in [1.82, 2.24) is 20.9 Å². The number of aromatic nitrogens is 1. The number of alkyl halides is 3. The topological polar surface area (TPSA) is 87.6 Å². The number of ether oxygens (including phenoxy) is 1. The van der Waals surface area contributed by atoms with Gasteiger partial charge in [0, 0.05) is 38.5 Å². The van der Waals surface area contributed by atoms with Crippen molar-refractivity contribution < 1.29 is 22.7 Å². The minimum absolute atomic E-state index is 0.363. The summed E-state index contributed by atoms with van der Waals surface area (Å²) in [6, 6.07) is 0. The largest absolute Gasteiger partial charge is 0.444 e. The Bertz CT molecular complexity index is 626. The first-order chi connectivity index (χ1) is 12.5. The van der Waals surface area contributed by atoms with Gasteiger partial charge in [0.15, 0.2) is 11.7 Å². The van der Waals surface area contributed by atoms with Gasteiger partial charge in [0.05, 0.1) is 5.01 Å². The summed E-state index contributed by atoms with van der Waals surface area (Å²) in [6.45, 7) is 6.78. The van der Waals surface area contributed by atoms with Gasteiger partial charge in [0.1, 0.15) is 5.60 Å². The van der Waals surface area contributed by atoms with Gasteiger partial charge < -0.3 is 20.7 Å². The number of carbonyl (C=O) groups is 1. The molecular weight excluding hydrogens is 383 g/mol. The van der Waals surface area contributed by atoms with Crippen molar-refractivity contribution in [3.8, 4) is 0 Å². The van der Waals surface area contributed by atoms with Crippen LogP contribution in [0.5, 0.6) is 0 Å². The third-order valence-corrected chi connectivity index (χ3v) is 3.92. The summed E-state index contributed by atoms with van der Waals surface area (Å²) >= 11 is 0.983. The second kappa shape index (κ2) is 10.3. The van der Waals surface area contributed by atoms with Crippen molar-refractivity contribution in [3.63, 3.8) is 0 Å². The Kier molecular flexibility index (Phi) is 8.80. The van der Waals surface area contributed by atoms with Gasteiger partial charge >= 0.3 is 12.3 Å². The fourth-order valence-corrected chi connectivity index (χ4v) is 2.67. The van der Waals surface area contributed by atoms with Crippen LogP contribution >= 0.6 is 11.3 Å². The summed E-state index contributed by atoms with van der Waals surface area (Å²) < 4.78 is 42.6. The van der Waals surface area contributed by atoms with Gasteiger partial charge in [-0.25, -0.2) is 9.78 Å². The van der Waals surface area contributed by atoms with E-state index in [9.17, 15) is 18.0 Å². The van der Waals surface area contributed by atoms with Crippen LogP contribution in [0.4, 0.5) is 18.0 Å². The molecule has 0 saturated heterocycles. The van der Waals surface area contributed by atoms with Gasteiger partial charge in [-0.2, -0.15) is 13.2 Å². The summed E-state index contributed by atoms with van der Waals surface area (Å²) in [5, 5.41) is 10.1. The number of thiazole rings is 1. The fraction of sp³-hybridized carbons (Fsp3) is 0.688. The number of hydrogen-bond acceptors (Lipinski definition) is 5. The summed E-state index contributed by atoms with van der Waals surface area (Å²) in [5.41, 5.74) is -1.39. The molecule has 0 saturated carbocycles.